The summed E-state index contributed by atoms with van der Waals surface area (Å²) in [5, 5.41) is 7.19. The normalized spacial score (nSPS) is 12.5. The van der Waals surface area contributed by atoms with Gasteiger partial charge in [0.05, 0.1) is 24.2 Å². The third kappa shape index (κ3) is 4.07. The molecule has 0 saturated carbocycles. The molecule has 11 heteroatoms. The molecule has 33 heavy (non-hydrogen) atoms. The summed E-state index contributed by atoms with van der Waals surface area (Å²) in [6.07, 6.45) is 8.36. The highest BCUT2D eigenvalue weighted by Crippen LogP contribution is 2.38. The molecule has 4 N–H and O–H groups in total. The van der Waals surface area contributed by atoms with Crippen molar-refractivity contribution in [3.05, 3.63) is 66.9 Å². The summed E-state index contributed by atoms with van der Waals surface area (Å²) in [6, 6.07) is 5.87. The lowest BCUT2D eigenvalue weighted by atomic mass is 10.1. The fraction of sp³-hybridized carbons (Fsp3) is 0.182. The Hall–Kier alpha value is -4.41. The van der Waals surface area contributed by atoms with Gasteiger partial charge in [-0.25, -0.2) is 29.9 Å². The van der Waals surface area contributed by atoms with E-state index >= 15 is 0 Å². The van der Waals surface area contributed by atoms with Crippen LogP contribution in [-0.2, 0) is 0 Å². The summed E-state index contributed by atoms with van der Waals surface area (Å²) >= 11 is 0. The first-order valence-corrected chi connectivity index (χ1v) is 10.1. The van der Waals surface area contributed by atoms with Crippen LogP contribution in [0.1, 0.15) is 19.4 Å². The van der Waals surface area contributed by atoms with Crippen LogP contribution in [0.2, 0.25) is 0 Å². The van der Waals surface area contributed by atoms with Gasteiger partial charge < -0.3 is 20.4 Å². The van der Waals surface area contributed by atoms with Crippen LogP contribution in [-0.4, -0.2) is 31.6 Å². The number of halogens is 1. The molecule has 0 fully saturated rings. The van der Waals surface area contributed by atoms with Crippen LogP contribution >= 0.6 is 0 Å². The third-order valence-electron chi connectivity index (χ3n) is 5.19. The van der Waals surface area contributed by atoms with Crippen LogP contribution in [0, 0.1) is 11.3 Å². The van der Waals surface area contributed by atoms with Gasteiger partial charge in [0.2, 0.25) is 5.88 Å². The first-order valence-electron chi connectivity index (χ1n) is 10.1. The number of methoxy groups -OCH3 is 1. The van der Waals surface area contributed by atoms with E-state index in [1.165, 1.54) is 31.9 Å². The van der Waals surface area contributed by atoms with Crippen molar-refractivity contribution < 1.29 is 9.13 Å². The molecule has 0 aliphatic heterocycles. The Bertz CT molecular complexity index is 1330. The Labute approximate surface area is 188 Å². The van der Waals surface area contributed by atoms with Gasteiger partial charge in [0, 0.05) is 30.4 Å². The molecular weight excluding hydrogens is 425 g/mol. The Morgan fingerprint density at radius 2 is 2.06 bits per heavy atom. The van der Waals surface area contributed by atoms with E-state index in [-0.39, 0.29) is 11.5 Å². The number of ether oxygens (including phenoxy) is 1. The largest absolute Gasteiger partial charge is 0.479 e. The average molecular weight is 447 g/mol. The number of fused-ring (bicyclic) bond motifs is 1. The molecule has 0 spiro atoms. The van der Waals surface area contributed by atoms with Crippen molar-refractivity contribution >= 4 is 22.5 Å². The highest BCUT2D eigenvalue weighted by molar-refractivity contribution is 6.00. The number of hydrogen-bond acceptors (Lipinski definition) is 9. The minimum absolute atomic E-state index is 0.272. The van der Waals surface area contributed by atoms with E-state index in [0.29, 0.717) is 40.3 Å². The number of para-hydroxylation sites is 1. The Morgan fingerprint density at radius 1 is 1.27 bits per heavy atom. The van der Waals surface area contributed by atoms with Crippen molar-refractivity contribution in [2.24, 2.45) is 5.11 Å². The molecule has 0 radical (unpaired) electrons. The number of nitrogens with one attached hydrogen (secondary N) is 2. The predicted octanol–water partition coefficient (Wildman–Crippen LogP) is 4.55. The van der Waals surface area contributed by atoms with Crippen molar-refractivity contribution in [1.82, 2.24) is 24.5 Å². The number of benzene rings is 1. The fourth-order valence-corrected chi connectivity index (χ4v) is 3.67. The lowest BCUT2D eigenvalue weighted by molar-refractivity contribution is 0.398. The van der Waals surface area contributed by atoms with Gasteiger partial charge in [-0.2, -0.15) is 5.11 Å². The van der Waals surface area contributed by atoms with E-state index in [0.717, 1.165) is 0 Å². The second kappa shape index (κ2) is 9.39. The molecule has 3 aromatic heterocycles. The van der Waals surface area contributed by atoms with Gasteiger partial charge in [-0.1, -0.05) is 19.1 Å². The zero-order valence-electron chi connectivity index (χ0n) is 18.0. The first kappa shape index (κ1) is 21.8. The summed E-state index contributed by atoms with van der Waals surface area (Å²) in [5.74, 6) is 0.194. The Balaban J connectivity index is 1.85. The minimum atomic E-state index is -0.407. The quantitative estimate of drug-likeness (QED) is 0.336. The van der Waals surface area contributed by atoms with E-state index in [4.69, 9.17) is 16.0 Å². The Kier molecular flexibility index (Phi) is 6.20. The molecule has 10 nitrogen and oxygen atoms in total. The molecule has 4 aromatic rings. The van der Waals surface area contributed by atoms with E-state index in [1.807, 2.05) is 17.7 Å². The molecule has 1 aromatic carbocycles. The number of rotatable bonds is 8. The number of anilines is 2. The number of nitrogens with two attached hydrogens (primary N) is 1. The molecule has 168 valence electrons. The molecule has 0 bridgehead atoms. The highest BCUT2D eigenvalue weighted by Gasteiger charge is 2.24. The lowest BCUT2D eigenvalue weighted by Gasteiger charge is -2.18. The van der Waals surface area contributed by atoms with Crippen molar-refractivity contribution in [2.45, 2.75) is 19.4 Å². The van der Waals surface area contributed by atoms with E-state index in [2.05, 4.69) is 30.4 Å². The minimum Gasteiger partial charge on any atom is -0.479 e. The molecule has 0 amide bonds. The van der Waals surface area contributed by atoms with E-state index in [9.17, 15) is 4.39 Å². The number of nitrogens with zero attached hydrogens (tertiary/aromatic N) is 6. The molecule has 3 heterocycles. The smallest absolute Gasteiger partial charge is 0.240 e. The number of aromatic nitrogens is 5. The Morgan fingerprint density at radius 3 is 2.79 bits per heavy atom. The van der Waals surface area contributed by atoms with Crippen LogP contribution in [0.3, 0.4) is 0 Å². The second-order valence-electron chi connectivity index (χ2n) is 7.05. The number of hydrogen-bond donors (Lipinski definition) is 3. The first-order chi connectivity index (χ1) is 16.1. The fourth-order valence-electron chi connectivity index (χ4n) is 3.67. The molecular formula is C22H22FN9O. The molecule has 0 aliphatic rings. The molecule has 0 saturated heterocycles. The van der Waals surface area contributed by atoms with Gasteiger partial charge >= 0.3 is 0 Å². The molecule has 4 rings (SSSR count). The number of nitrogen functional groups attached to an aromatic ring is 1. The van der Waals surface area contributed by atoms with Gasteiger partial charge in [-0.15, -0.1) is 0 Å². The van der Waals surface area contributed by atoms with Crippen molar-refractivity contribution in [3.8, 4) is 17.1 Å². The second-order valence-corrected chi connectivity index (χ2v) is 7.05. The standard InChI is InChI=1S/C22H22FN9O/c1-3-17(16(31-25)10-28-15-7-5-4-6-14(15)23)32-11-13(18-20(24)29-12-30-21(18)32)19-22(33-2)27-9-8-26-19/h4-12,17,25,28H,3H2,1-2H3,(H2,24,29,30)/b16-10-,31-25?. The van der Waals surface area contributed by atoms with Crippen LogP contribution in [0.15, 0.2) is 66.2 Å². The van der Waals surface area contributed by atoms with Gasteiger partial charge in [-0.05, 0) is 18.6 Å². The number of allylic oxidation sites excluding steroid dienone is 1. The van der Waals surface area contributed by atoms with Crippen molar-refractivity contribution in [1.29, 1.82) is 5.53 Å². The SMILES string of the molecule is CCC(/C(=C/Nc1ccccc1F)N=N)n1cc(-c2nccnc2OC)c2c(N)ncnc21. The summed E-state index contributed by atoms with van der Waals surface area (Å²) in [6.45, 7) is 1.95. The topological polar surface area (TPSA) is 140 Å². The average Bonchev–Trinajstić information content (AvgIpc) is 3.23. The molecule has 1 atom stereocenters. The predicted molar refractivity (Wildman–Crippen MR) is 122 cm³/mol. The van der Waals surface area contributed by atoms with Gasteiger partial charge in [0.1, 0.15) is 35.0 Å². The van der Waals surface area contributed by atoms with Gasteiger partial charge in [0.15, 0.2) is 0 Å². The van der Waals surface area contributed by atoms with E-state index in [1.54, 1.807) is 24.4 Å². The van der Waals surface area contributed by atoms with Crippen LogP contribution < -0.4 is 15.8 Å². The maximum absolute atomic E-state index is 14.0. The van der Waals surface area contributed by atoms with Crippen LogP contribution in [0.25, 0.3) is 22.3 Å². The highest BCUT2D eigenvalue weighted by atomic mass is 19.1. The summed E-state index contributed by atoms with van der Waals surface area (Å²) in [7, 11) is 1.51. The van der Waals surface area contributed by atoms with Crippen molar-refractivity contribution in [2.75, 3.05) is 18.2 Å². The summed E-state index contributed by atoms with van der Waals surface area (Å²) in [4.78, 5) is 17.2. The lowest BCUT2D eigenvalue weighted by Crippen LogP contribution is -2.11. The van der Waals surface area contributed by atoms with Gasteiger partial charge in [-0.3, -0.25) is 0 Å². The maximum Gasteiger partial charge on any atom is 0.240 e. The molecule has 1 unspecified atom stereocenters. The third-order valence-corrected chi connectivity index (χ3v) is 5.19. The zero-order chi connectivity index (χ0) is 23.4. The van der Waals surface area contributed by atoms with E-state index < -0.39 is 11.9 Å². The van der Waals surface area contributed by atoms with Gasteiger partial charge in [0.25, 0.3) is 0 Å². The van der Waals surface area contributed by atoms with Crippen LogP contribution in [0.5, 0.6) is 5.88 Å². The summed E-state index contributed by atoms with van der Waals surface area (Å²) in [5.41, 5.74) is 16.3. The molecule has 0 aliphatic carbocycles. The summed E-state index contributed by atoms with van der Waals surface area (Å²) < 4.78 is 21.3. The maximum atomic E-state index is 14.0. The monoisotopic (exact) mass is 447 g/mol. The zero-order valence-corrected chi connectivity index (χ0v) is 18.0. The van der Waals surface area contributed by atoms with Crippen LogP contribution in [0.4, 0.5) is 15.9 Å². The van der Waals surface area contributed by atoms with Crippen molar-refractivity contribution in [3.63, 3.8) is 0 Å².